The monoisotopic (exact) mass is 247 g/mol. The highest BCUT2D eigenvalue weighted by Crippen LogP contribution is 2.21. The van der Waals surface area contributed by atoms with E-state index in [2.05, 4.69) is 4.98 Å². The van der Waals surface area contributed by atoms with Gasteiger partial charge in [-0.1, -0.05) is 13.0 Å². The van der Waals surface area contributed by atoms with Crippen molar-refractivity contribution in [3.05, 3.63) is 47.8 Å². The fourth-order valence-electron chi connectivity index (χ4n) is 2.01. The molecule has 0 aliphatic carbocycles. The normalized spacial score (nSPS) is 12.7. The first kappa shape index (κ1) is 12.8. The summed E-state index contributed by atoms with van der Waals surface area (Å²) in [6, 6.07) is 5.07. The number of halogens is 1. The summed E-state index contributed by atoms with van der Waals surface area (Å²) in [7, 11) is 0. The minimum absolute atomic E-state index is 0.0236. The third kappa shape index (κ3) is 2.43. The van der Waals surface area contributed by atoms with Crippen molar-refractivity contribution >= 4 is 0 Å². The van der Waals surface area contributed by atoms with Crippen LogP contribution in [0.3, 0.4) is 0 Å². The summed E-state index contributed by atoms with van der Waals surface area (Å²) in [5.41, 5.74) is 7.43. The molecule has 1 unspecified atom stereocenters. The van der Waals surface area contributed by atoms with Crippen LogP contribution in [0.25, 0.3) is 5.69 Å². The van der Waals surface area contributed by atoms with Gasteiger partial charge in [0.25, 0.3) is 0 Å². The molecular formula is C14H18FN3. The summed E-state index contributed by atoms with van der Waals surface area (Å²) in [4.78, 5) is 4.17. The second-order valence-electron chi connectivity index (χ2n) is 4.45. The molecule has 0 fully saturated rings. The standard InChI is InChI=1S/C14H18FN3/c1-3-11(16)9-12-13(15)5-4-6-14(12)18-8-7-17-10(18)2/h4-8,11H,3,9,16H2,1-2H3. The lowest BCUT2D eigenvalue weighted by Gasteiger charge is -2.15. The Hall–Kier alpha value is -1.68. The molecule has 18 heavy (non-hydrogen) atoms. The van der Waals surface area contributed by atoms with Gasteiger partial charge in [-0.05, 0) is 31.9 Å². The molecule has 0 radical (unpaired) electrons. The van der Waals surface area contributed by atoms with Crippen LogP contribution in [0.15, 0.2) is 30.6 Å². The van der Waals surface area contributed by atoms with E-state index in [1.807, 2.05) is 30.7 Å². The molecule has 0 aliphatic heterocycles. The molecule has 96 valence electrons. The molecule has 0 saturated carbocycles. The number of benzene rings is 1. The van der Waals surface area contributed by atoms with Crippen LogP contribution in [0.1, 0.15) is 24.7 Å². The number of hydrogen-bond donors (Lipinski definition) is 1. The fraction of sp³-hybridized carbons (Fsp3) is 0.357. The highest BCUT2D eigenvalue weighted by atomic mass is 19.1. The Morgan fingerprint density at radius 2 is 2.22 bits per heavy atom. The maximum absolute atomic E-state index is 14.0. The van der Waals surface area contributed by atoms with E-state index in [-0.39, 0.29) is 11.9 Å². The van der Waals surface area contributed by atoms with E-state index in [9.17, 15) is 4.39 Å². The minimum atomic E-state index is -0.204. The molecular weight excluding hydrogens is 229 g/mol. The van der Waals surface area contributed by atoms with Crippen molar-refractivity contribution in [1.29, 1.82) is 0 Å². The van der Waals surface area contributed by atoms with E-state index in [0.717, 1.165) is 17.9 Å². The molecule has 4 heteroatoms. The molecule has 0 bridgehead atoms. The Morgan fingerprint density at radius 3 is 2.83 bits per heavy atom. The van der Waals surface area contributed by atoms with Crippen LogP contribution in [-0.4, -0.2) is 15.6 Å². The number of aryl methyl sites for hydroxylation is 1. The van der Waals surface area contributed by atoms with Crippen molar-refractivity contribution in [3.63, 3.8) is 0 Å². The molecule has 0 saturated heterocycles. The SMILES string of the molecule is CCC(N)Cc1c(F)cccc1-n1ccnc1C. The predicted octanol–water partition coefficient (Wildman–Crippen LogP) is 2.60. The van der Waals surface area contributed by atoms with Crippen LogP contribution in [0.2, 0.25) is 0 Å². The van der Waals surface area contributed by atoms with E-state index in [1.165, 1.54) is 6.07 Å². The van der Waals surface area contributed by atoms with Crippen LogP contribution in [0.4, 0.5) is 4.39 Å². The first-order valence-corrected chi connectivity index (χ1v) is 6.16. The van der Waals surface area contributed by atoms with Crippen molar-refractivity contribution in [2.24, 2.45) is 5.73 Å². The molecule has 1 aromatic carbocycles. The first-order chi connectivity index (χ1) is 8.63. The molecule has 1 heterocycles. The molecule has 1 aromatic heterocycles. The lowest BCUT2D eigenvalue weighted by molar-refractivity contribution is 0.576. The van der Waals surface area contributed by atoms with Gasteiger partial charge in [0.05, 0.1) is 5.69 Å². The van der Waals surface area contributed by atoms with Crippen LogP contribution in [-0.2, 0) is 6.42 Å². The quantitative estimate of drug-likeness (QED) is 0.902. The molecule has 0 amide bonds. The molecule has 2 rings (SSSR count). The van der Waals surface area contributed by atoms with Crippen LogP contribution < -0.4 is 5.73 Å². The summed E-state index contributed by atoms with van der Waals surface area (Å²) >= 11 is 0. The number of aromatic nitrogens is 2. The highest BCUT2D eigenvalue weighted by Gasteiger charge is 2.13. The van der Waals surface area contributed by atoms with Gasteiger partial charge >= 0.3 is 0 Å². The van der Waals surface area contributed by atoms with Gasteiger partial charge in [-0.15, -0.1) is 0 Å². The van der Waals surface area contributed by atoms with Gasteiger partial charge in [-0.3, -0.25) is 0 Å². The Morgan fingerprint density at radius 1 is 1.44 bits per heavy atom. The number of nitrogens with zero attached hydrogens (tertiary/aromatic N) is 2. The van der Waals surface area contributed by atoms with Crippen LogP contribution in [0.5, 0.6) is 0 Å². The van der Waals surface area contributed by atoms with Gasteiger partial charge in [0.2, 0.25) is 0 Å². The number of rotatable bonds is 4. The third-order valence-electron chi connectivity index (χ3n) is 3.17. The van der Waals surface area contributed by atoms with Crippen molar-refractivity contribution in [1.82, 2.24) is 9.55 Å². The fourth-order valence-corrected chi connectivity index (χ4v) is 2.01. The number of imidazole rings is 1. The second kappa shape index (κ2) is 5.31. The summed E-state index contributed by atoms with van der Waals surface area (Å²) in [5, 5.41) is 0. The molecule has 2 N–H and O–H groups in total. The number of hydrogen-bond acceptors (Lipinski definition) is 2. The highest BCUT2D eigenvalue weighted by molar-refractivity contribution is 5.43. The van der Waals surface area contributed by atoms with E-state index < -0.39 is 0 Å². The van der Waals surface area contributed by atoms with E-state index in [1.54, 1.807) is 12.3 Å². The first-order valence-electron chi connectivity index (χ1n) is 6.16. The largest absolute Gasteiger partial charge is 0.327 e. The van der Waals surface area contributed by atoms with Gasteiger partial charge in [0, 0.05) is 24.0 Å². The van der Waals surface area contributed by atoms with E-state index >= 15 is 0 Å². The molecule has 2 aromatic rings. The zero-order valence-corrected chi connectivity index (χ0v) is 10.7. The zero-order chi connectivity index (χ0) is 13.1. The average Bonchev–Trinajstić information content (AvgIpc) is 2.78. The van der Waals surface area contributed by atoms with Crippen LogP contribution >= 0.6 is 0 Å². The Kier molecular flexibility index (Phi) is 3.77. The summed E-state index contributed by atoms with van der Waals surface area (Å²) in [6.45, 7) is 3.90. The minimum Gasteiger partial charge on any atom is -0.327 e. The molecule has 0 spiro atoms. The molecule has 1 atom stereocenters. The summed E-state index contributed by atoms with van der Waals surface area (Å²) in [5.74, 6) is 0.636. The average molecular weight is 247 g/mol. The zero-order valence-electron chi connectivity index (χ0n) is 10.7. The topological polar surface area (TPSA) is 43.8 Å². The maximum atomic E-state index is 14.0. The van der Waals surface area contributed by atoms with Gasteiger partial charge in [-0.25, -0.2) is 9.37 Å². The van der Waals surface area contributed by atoms with E-state index in [0.29, 0.717) is 12.0 Å². The maximum Gasteiger partial charge on any atom is 0.128 e. The third-order valence-corrected chi connectivity index (χ3v) is 3.17. The predicted molar refractivity (Wildman–Crippen MR) is 70.2 cm³/mol. The van der Waals surface area contributed by atoms with Crippen molar-refractivity contribution < 1.29 is 4.39 Å². The molecule has 3 nitrogen and oxygen atoms in total. The van der Waals surface area contributed by atoms with Crippen molar-refractivity contribution in [3.8, 4) is 5.69 Å². The van der Waals surface area contributed by atoms with Gasteiger partial charge in [0.1, 0.15) is 11.6 Å². The second-order valence-corrected chi connectivity index (χ2v) is 4.45. The summed E-state index contributed by atoms with van der Waals surface area (Å²) < 4.78 is 15.9. The Bertz CT molecular complexity index is 534. The van der Waals surface area contributed by atoms with E-state index in [4.69, 9.17) is 5.73 Å². The lowest BCUT2D eigenvalue weighted by atomic mass is 10.0. The van der Waals surface area contributed by atoms with Gasteiger partial charge in [-0.2, -0.15) is 0 Å². The van der Waals surface area contributed by atoms with Crippen molar-refractivity contribution in [2.45, 2.75) is 32.7 Å². The van der Waals surface area contributed by atoms with Crippen molar-refractivity contribution in [2.75, 3.05) is 0 Å². The Labute approximate surface area is 106 Å². The summed E-state index contributed by atoms with van der Waals surface area (Å²) in [6.07, 6.45) is 4.92. The lowest BCUT2D eigenvalue weighted by Crippen LogP contribution is -2.23. The van der Waals surface area contributed by atoms with Crippen LogP contribution in [0, 0.1) is 12.7 Å². The van der Waals surface area contributed by atoms with Gasteiger partial charge in [0.15, 0.2) is 0 Å². The smallest absolute Gasteiger partial charge is 0.128 e. The molecule has 0 aliphatic rings. The number of nitrogens with two attached hydrogens (primary N) is 1. The Balaban J connectivity index is 2.48. The van der Waals surface area contributed by atoms with Gasteiger partial charge < -0.3 is 10.3 Å².